The van der Waals surface area contributed by atoms with Gasteiger partial charge in [-0.15, -0.1) is 0 Å². The van der Waals surface area contributed by atoms with E-state index < -0.39 is 0 Å². The van der Waals surface area contributed by atoms with E-state index in [2.05, 4.69) is 30.4 Å². The zero-order chi connectivity index (χ0) is 13.1. The quantitative estimate of drug-likeness (QED) is 0.649. The van der Waals surface area contributed by atoms with Crippen molar-refractivity contribution < 1.29 is 9.47 Å². The zero-order valence-electron chi connectivity index (χ0n) is 11.6. The first-order valence-electron chi connectivity index (χ1n) is 6.72. The third-order valence-corrected chi connectivity index (χ3v) is 2.80. The third kappa shape index (κ3) is 6.15. The Morgan fingerprint density at radius 2 is 1.89 bits per heavy atom. The summed E-state index contributed by atoms with van der Waals surface area (Å²) >= 11 is 0. The lowest BCUT2D eigenvalue weighted by Crippen LogP contribution is -2.20. The standard InChI is InChI=1S/C15H25NO2/c1-3-4-10-18-11-9-16-12-14-7-5-6-8-15(14)13-17-2/h5-8,16H,3-4,9-13H2,1-2H3. The Balaban J connectivity index is 2.18. The zero-order valence-corrected chi connectivity index (χ0v) is 11.6. The molecule has 0 radical (unpaired) electrons. The SMILES string of the molecule is CCCCOCCNCc1ccccc1COC. The van der Waals surface area contributed by atoms with Crippen molar-refractivity contribution in [3.63, 3.8) is 0 Å². The highest BCUT2D eigenvalue weighted by Crippen LogP contribution is 2.09. The smallest absolute Gasteiger partial charge is 0.0716 e. The molecule has 1 N–H and O–H groups in total. The third-order valence-electron chi connectivity index (χ3n) is 2.80. The van der Waals surface area contributed by atoms with Gasteiger partial charge in [-0.3, -0.25) is 0 Å². The van der Waals surface area contributed by atoms with Gasteiger partial charge in [-0.25, -0.2) is 0 Å². The molecule has 1 rings (SSSR count). The highest BCUT2D eigenvalue weighted by atomic mass is 16.5. The van der Waals surface area contributed by atoms with E-state index in [-0.39, 0.29) is 0 Å². The van der Waals surface area contributed by atoms with E-state index in [9.17, 15) is 0 Å². The molecule has 0 saturated carbocycles. The largest absolute Gasteiger partial charge is 0.380 e. The summed E-state index contributed by atoms with van der Waals surface area (Å²) in [6.45, 7) is 6.27. The second kappa shape index (κ2) is 10.1. The Morgan fingerprint density at radius 1 is 1.11 bits per heavy atom. The lowest BCUT2D eigenvalue weighted by molar-refractivity contribution is 0.133. The molecule has 0 aliphatic rings. The first-order chi connectivity index (χ1) is 8.88. The van der Waals surface area contributed by atoms with Gasteiger partial charge in [-0.1, -0.05) is 37.6 Å². The van der Waals surface area contributed by atoms with E-state index in [1.54, 1.807) is 7.11 Å². The molecule has 3 nitrogen and oxygen atoms in total. The van der Waals surface area contributed by atoms with E-state index in [0.29, 0.717) is 6.61 Å². The molecular weight excluding hydrogens is 226 g/mol. The molecule has 0 atom stereocenters. The minimum absolute atomic E-state index is 0.671. The molecule has 1 aromatic rings. The number of benzene rings is 1. The second-order valence-electron chi connectivity index (χ2n) is 4.34. The number of hydrogen-bond acceptors (Lipinski definition) is 3. The predicted molar refractivity (Wildman–Crippen MR) is 74.6 cm³/mol. The Bertz CT molecular complexity index is 315. The molecule has 0 aliphatic carbocycles. The van der Waals surface area contributed by atoms with Crippen LogP contribution in [0, 0.1) is 0 Å². The van der Waals surface area contributed by atoms with Gasteiger partial charge in [0.2, 0.25) is 0 Å². The Labute approximate surface area is 110 Å². The summed E-state index contributed by atoms with van der Waals surface area (Å²) < 4.78 is 10.7. The van der Waals surface area contributed by atoms with Crippen molar-refractivity contribution in [2.75, 3.05) is 26.9 Å². The molecule has 0 heterocycles. The van der Waals surface area contributed by atoms with Crippen molar-refractivity contribution in [1.29, 1.82) is 0 Å². The summed E-state index contributed by atoms with van der Waals surface area (Å²) in [5.74, 6) is 0. The first-order valence-corrected chi connectivity index (χ1v) is 6.72. The molecule has 0 bridgehead atoms. The summed E-state index contributed by atoms with van der Waals surface area (Å²) in [5, 5.41) is 3.40. The molecule has 0 fully saturated rings. The molecule has 102 valence electrons. The average molecular weight is 251 g/mol. The maximum absolute atomic E-state index is 5.50. The maximum atomic E-state index is 5.50. The van der Waals surface area contributed by atoms with Crippen LogP contribution in [0.5, 0.6) is 0 Å². The minimum Gasteiger partial charge on any atom is -0.380 e. The Kier molecular flexibility index (Phi) is 8.47. The Morgan fingerprint density at radius 3 is 2.61 bits per heavy atom. The lowest BCUT2D eigenvalue weighted by Gasteiger charge is -2.10. The molecule has 0 unspecified atom stereocenters. The highest BCUT2D eigenvalue weighted by Gasteiger charge is 2.00. The fourth-order valence-electron chi connectivity index (χ4n) is 1.74. The average Bonchev–Trinajstić information content (AvgIpc) is 2.40. The molecular formula is C15H25NO2. The van der Waals surface area contributed by atoms with Crippen LogP contribution in [0.1, 0.15) is 30.9 Å². The van der Waals surface area contributed by atoms with Crippen LogP contribution in [0.4, 0.5) is 0 Å². The number of methoxy groups -OCH3 is 1. The van der Waals surface area contributed by atoms with Gasteiger partial charge in [0, 0.05) is 26.8 Å². The fourth-order valence-corrected chi connectivity index (χ4v) is 1.74. The van der Waals surface area contributed by atoms with Crippen LogP contribution in [-0.4, -0.2) is 26.9 Å². The fraction of sp³-hybridized carbons (Fsp3) is 0.600. The van der Waals surface area contributed by atoms with Gasteiger partial charge in [0.05, 0.1) is 13.2 Å². The number of nitrogens with one attached hydrogen (secondary N) is 1. The van der Waals surface area contributed by atoms with E-state index in [0.717, 1.165) is 32.7 Å². The number of unbranched alkanes of at least 4 members (excludes halogenated alkanes) is 1. The molecule has 0 saturated heterocycles. The van der Waals surface area contributed by atoms with E-state index in [1.807, 2.05) is 6.07 Å². The van der Waals surface area contributed by atoms with Crippen molar-refractivity contribution >= 4 is 0 Å². The van der Waals surface area contributed by atoms with Crippen LogP contribution in [0.2, 0.25) is 0 Å². The molecule has 3 heteroatoms. The van der Waals surface area contributed by atoms with Gasteiger partial charge in [0.15, 0.2) is 0 Å². The minimum atomic E-state index is 0.671. The number of ether oxygens (including phenoxy) is 2. The van der Waals surface area contributed by atoms with E-state index in [4.69, 9.17) is 9.47 Å². The van der Waals surface area contributed by atoms with Crippen LogP contribution in [0.25, 0.3) is 0 Å². The first kappa shape index (κ1) is 15.2. The van der Waals surface area contributed by atoms with E-state index in [1.165, 1.54) is 17.5 Å². The molecule has 1 aromatic carbocycles. The van der Waals surface area contributed by atoms with Gasteiger partial charge in [-0.2, -0.15) is 0 Å². The van der Waals surface area contributed by atoms with Crippen molar-refractivity contribution in [3.05, 3.63) is 35.4 Å². The van der Waals surface area contributed by atoms with Gasteiger partial charge in [0.1, 0.15) is 0 Å². The summed E-state index contributed by atoms with van der Waals surface area (Å²) in [6, 6.07) is 8.36. The normalized spacial score (nSPS) is 10.8. The summed E-state index contributed by atoms with van der Waals surface area (Å²) in [6.07, 6.45) is 2.34. The molecule has 18 heavy (non-hydrogen) atoms. The number of rotatable bonds is 10. The van der Waals surface area contributed by atoms with Crippen LogP contribution >= 0.6 is 0 Å². The maximum Gasteiger partial charge on any atom is 0.0716 e. The summed E-state index contributed by atoms with van der Waals surface area (Å²) in [4.78, 5) is 0. The van der Waals surface area contributed by atoms with Crippen LogP contribution in [-0.2, 0) is 22.6 Å². The van der Waals surface area contributed by atoms with Crippen molar-refractivity contribution in [2.24, 2.45) is 0 Å². The van der Waals surface area contributed by atoms with Crippen molar-refractivity contribution in [1.82, 2.24) is 5.32 Å². The van der Waals surface area contributed by atoms with Crippen molar-refractivity contribution in [3.8, 4) is 0 Å². The van der Waals surface area contributed by atoms with Gasteiger partial charge >= 0.3 is 0 Å². The van der Waals surface area contributed by atoms with Gasteiger partial charge in [-0.05, 0) is 17.5 Å². The topological polar surface area (TPSA) is 30.5 Å². The predicted octanol–water partition coefficient (Wildman–Crippen LogP) is 2.74. The Hall–Kier alpha value is -0.900. The number of hydrogen-bond donors (Lipinski definition) is 1. The van der Waals surface area contributed by atoms with E-state index >= 15 is 0 Å². The van der Waals surface area contributed by atoms with Gasteiger partial charge < -0.3 is 14.8 Å². The van der Waals surface area contributed by atoms with Crippen molar-refractivity contribution in [2.45, 2.75) is 32.9 Å². The van der Waals surface area contributed by atoms with Crippen LogP contribution in [0.15, 0.2) is 24.3 Å². The van der Waals surface area contributed by atoms with Crippen LogP contribution in [0.3, 0.4) is 0 Å². The summed E-state index contributed by atoms with van der Waals surface area (Å²) in [7, 11) is 1.73. The molecule has 0 amide bonds. The lowest BCUT2D eigenvalue weighted by atomic mass is 10.1. The molecule has 0 aliphatic heterocycles. The molecule has 0 aromatic heterocycles. The second-order valence-corrected chi connectivity index (χ2v) is 4.34. The monoisotopic (exact) mass is 251 g/mol. The van der Waals surface area contributed by atoms with Gasteiger partial charge in [0.25, 0.3) is 0 Å². The molecule has 0 spiro atoms. The summed E-state index contributed by atoms with van der Waals surface area (Å²) in [5.41, 5.74) is 2.55. The highest BCUT2D eigenvalue weighted by molar-refractivity contribution is 5.26. The van der Waals surface area contributed by atoms with Crippen LogP contribution < -0.4 is 5.32 Å².